The van der Waals surface area contributed by atoms with Crippen molar-refractivity contribution < 1.29 is 19.4 Å². The molecule has 0 heterocycles. The molecule has 0 fully saturated rings. The van der Waals surface area contributed by atoms with Gasteiger partial charge in [-0.25, -0.2) is 4.79 Å². The largest absolute Gasteiger partial charge is 0.467 e. The maximum atomic E-state index is 12.0. The second-order valence-corrected chi connectivity index (χ2v) is 4.60. The molecule has 0 radical (unpaired) electrons. The van der Waals surface area contributed by atoms with Crippen molar-refractivity contribution in [3.05, 3.63) is 34.3 Å². The van der Waals surface area contributed by atoms with Gasteiger partial charge in [-0.05, 0) is 25.1 Å². The highest BCUT2D eigenvalue weighted by Gasteiger charge is 2.17. The average molecular weight is 310 g/mol. The van der Waals surface area contributed by atoms with E-state index in [9.17, 15) is 9.59 Å². The van der Waals surface area contributed by atoms with Crippen LogP contribution in [0.25, 0.3) is 0 Å². The number of aliphatic hydroxyl groups excluding tert-OH is 1. The monoisotopic (exact) mass is 309 g/mol. The lowest BCUT2D eigenvalue weighted by molar-refractivity contribution is -0.142. The molecule has 1 rings (SSSR count). The highest BCUT2D eigenvalue weighted by atomic mass is 35.5. The SMILES string of the molecule is COC(=O)C(C)NC(=O)c1ccc(C#CCCO)c(Cl)c1. The topological polar surface area (TPSA) is 75.6 Å². The van der Waals surface area contributed by atoms with Crippen LogP contribution in [0.3, 0.4) is 0 Å². The van der Waals surface area contributed by atoms with Crippen LogP contribution >= 0.6 is 11.6 Å². The number of aliphatic hydroxyl groups is 1. The molecule has 1 atom stereocenters. The molecule has 21 heavy (non-hydrogen) atoms. The predicted molar refractivity (Wildman–Crippen MR) is 79.0 cm³/mol. The van der Waals surface area contributed by atoms with Gasteiger partial charge in [0, 0.05) is 17.5 Å². The summed E-state index contributed by atoms with van der Waals surface area (Å²) in [5.74, 6) is 4.60. The molecule has 112 valence electrons. The summed E-state index contributed by atoms with van der Waals surface area (Å²) in [4.78, 5) is 23.2. The van der Waals surface area contributed by atoms with Gasteiger partial charge in [0.15, 0.2) is 0 Å². The van der Waals surface area contributed by atoms with Crippen molar-refractivity contribution in [1.82, 2.24) is 5.32 Å². The molecule has 0 aliphatic carbocycles. The van der Waals surface area contributed by atoms with Gasteiger partial charge in [0.2, 0.25) is 0 Å². The maximum Gasteiger partial charge on any atom is 0.328 e. The summed E-state index contributed by atoms with van der Waals surface area (Å²) in [7, 11) is 1.25. The fraction of sp³-hybridized carbons (Fsp3) is 0.333. The number of benzene rings is 1. The van der Waals surface area contributed by atoms with Gasteiger partial charge in [0.1, 0.15) is 6.04 Å². The van der Waals surface area contributed by atoms with Crippen LogP contribution in [0, 0.1) is 11.8 Å². The molecule has 0 saturated heterocycles. The third-order valence-corrected chi connectivity index (χ3v) is 2.91. The first-order valence-corrected chi connectivity index (χ1v) is 6.65. The van der Waals surface area contributed by atoms with Crippen molar-refractivity contribution in [3.8, 4) is 11.8 Å². The van der Waals surface area contributed by atoms with E-state index in [4.69, 9.17) is 16.7 Å². The molecule has 0 aliphatic rings. The van der Waals surface area contributed by atoms with E-state index in [1.165, 1.54) is 20.1 Å². The predicted octanol–water partition coefficient (Wildman–Crippen LogP) is 1.37. The van der Waals surface area contributed by atoms with Crippen LogP contribution in [0.15, 0.2) is 18.2 Å². The molecule has 6 heteroatoms. The number of hydrogen-bond donors (Lipinski definition) is 2. The van der Waals surface area contributed by atoms with Crippen LogP contribution in [0.1, 0.15) is 29.3 Å². The molecule has 1 aromatic carbocycles. The van der Waals surface area contributed by atoms with Gasteiger partial charge in [-0.3, -0.25) is 4.79 Å². The Labute approximate surface area is 128 Å². The second kappa shape index (κ2) is 8.30. The molecule has 0 saturated carbocycles. The molecular formula is C15H16ClNO4. The Morgan fingerprint density at radius 1 is 1.48 bits per heavy atom. The minimum absolute atomic E-state index is 0.0173. The Balaban J connectivity index is 2.82. The van der Waals surface area contributed by atoms with Gasteiger partial charge in [-0.2, -0.15) is 0 Å². The highest BCUT2D eigenvalue weighted by molar-refractivity contribution is 6.32. The van der Waals surface area contributed by atoms with E-state index in [1.807, 2.05) is 0 Å². The summed E-state index contributed by atoms with van der Waals surface area (Å²) in [6.45, 7) is 1.51. The van der Waals surface area contributed by atoms with Crippen LogP contribution in [0.5, 0.6) is 0 Å². The van der Waals surface area contributed by atoms with Crippen LogP contribution in [0.2, 0.25) is 5.02 Å². The first-order chi connectivity index (χ1) is 9.99. The van der Waals surface area contributed by atoms with Crippen molar-refractivity contribution >= 4 is 23.5 Å². The summed E-state index contributed by atoms with van der Waals surface area (Å²) in [6, 6.07) is 3.91. The van der Waals surface area contributed by atoms with Crippen molar-refractivity contribution in [2.24, 2.45) is 0 Å². The quantitative estimate of drug-likeness (QED) is 0.650. The van der Waals surface area contributed by atoms with Gasteiger partial charge in [-0.15, -0.1) is 0 Å². The lowest BCUT2D eigenvalue weighted by Gasteiger charge is -2.11. The van der Waals surface area contributed by atoms with E-state index in [2.05, 4.69) is 21.9 Å². The van der Waals surface area contributed by atoms with Gasteiger partial charge in [0.25, 0.3) is 5.91 Å². The average Bonchev–Trinajstić information content (AvgIpc) is 2.47. The zero-order chi connectivity index (χ0) is 15.8. The molecule has 1 amide bonds. The second-order valence-electron chi connectivity index (χ2n) is 4.19. The lowest BCUT2D eigenvalue weighted by Crippen LogP contribution is -2.39. The summed E-state index contributed by atoms with van der Waals surface area (Å²) in [5.41, 5.74) is 0.895. The number of hydrogen-bond acceptors (Lipinski definition) is 4. The minimum atomic E-state index is -0.745. The van der Waals surface area contributed by atoms with Crippen molar-refractivity contribution in [3.63, 3.8) is 0 Å². The van der Waals surface area contributed by atoms with Gasteiger partial charge in [-0.1, -0.05) is 23.4 Å². The molecule has 0 bridgehead atoms. The highest BCUT2D eigenvalue weighted by Crippen LogP contribution is 2.17. The zero-order valence-corrected chi connectivity index (χ0v) is 12.5. The summed E-state index contributed by atoms with van der Waals surface area (Å²) >= 11 is 6.04. The first kappa shape index (κ1) is 17.0. The summed E-state index contributed by atoms with van der Waals surface area (Å²) in [5, 5.41) is 11.5. The third-order valence-electron chi connectivity index (χ3n) is 2.59. The Morgan fingerprint density at radius 2 is 2.19 bits per heavy atom. The number of nitrogens with one attached hydrogen (secondary N) is 1. The number of methoxy groups -OCH3 is 1. The number of carbonyl (C=O) groups excluding carboxylic acids is 2. The van der Waals surface area contributed by atoms with E-state index in [0.29, 0.717) is 22.6 Å². The van der Waals surface area contributed by atoms with Crippen LogP contribution in [-0.2, 0) is 9.53 Å². The van der Waals surface area contributed by atoms with Crippen LogP contribution in [0.4, 0.5) is 0 Å². The zero-order valence-electron chi connectivity index (χ0n) is 11.8. The van der Waals surface area contributed by atoms with Gasteiger partial charge < -0.3 is 15.2 Å². The van der Waals surface area contributed by atoms with Crippen molar-refractivity contribution in [1.29, 1.82) is 0 Å². The number of carbonyl (C=O) groups is 2. The number of halogens is 1. The smallest absolute Gasteiger partial charge is 0.328 e. The van der Waals surface area contributed by atoms with E-state index in [0.717, 1.165) is 0 Å². The number of esters is 1. The Bertz CT molecular complexity index is 589. The molecule has 0 aliphatic heterocycles. The molecule has 1 unspecified atom stereocenters. The molecule has 0 spiro atoms. The van der Waals surface area contributed by atoms with Crippen molar-refractivity contribution in [2.45, 2.75) is 19.4 Å². The fourth-order valence-electron chi connectivity index (χ4n) is 1.49. The lowest BCUT2D eigenvalue weighted by atomic mass is 10.1. The van der Waals surface area contributed by atoms with Crippen molar-refractivity contribution in [2.75, 3.05) is 13.7 Å². The Kier molecular flexibility index (Phi) is 6.73. The molecular weight excluding hydrogens is 294 g/mol. The number of ether oxygens (including phenoxy) is 1. The number of rotatable bonds is 4. The maximum absolute atomic E-state index is 12.0. The van der Waals surface area contributed by atoms with Crippen LogP contribution in [-0.4, -0.2) is 36.7 Å². The van der Waals surface area contributed by atoms with Crippen LogP contribution < -0.4 is 5.32 Å². The van der Waals surface area contributed by atoms with E-state index in [-0.39, 0.29) is 6.61 Å². The Morgan fingerprint density at radius 3 is 2.76 bits per heavy atom. The summed E-state index contributed by atoms with van der Waals surface area (Å²) < 4.78 is 4.53. The summed E-state index contributed by atoms with van der Waals surface area (Å²) in [6.07, 6.45) is 0.356. The molecule has 0 aromatic heterocycles. The standard InChI is InChI=1S/C15H16ClNO4/c1-10(15(20)21-2)17-14(19)12-7-6-11(13(16)9-12)5-3-4-8-18/h6-7,9-10,18H,4,8H2,1-2H3,(H,17,19). The minimum Gasteiger partial charge on any atom is -0.467 e. The van der Waals surface area contributed by atoms with Gasteiger partial charge in [0.05, 0.1) is 18.7 Å². The molecule has 5 nitrogen and oxygen atoms in total. The van der Waals surface area contributed by atoms with E-state index < -0.39 is 17.9 Å². The fourth-order valence-corrected chi connectivity index (χ4v) is 1.71. The van der Waals surface area contributed by atoms with Gasteiger partial charge >= 0.3 is 5.97 Å². The normalized spacial score (nSPS) is 11.0. The van der Waals surface area contributed by atoms with E-state index >= 15 is 0 Å². The molecule has 2 N–H and O–H groups in total. The third kappa shape index (κ3) is 5.10. The number of amides is 1. The van der Waals surface area contributed by atoms with E-state index in [1.54, 1.807) is 12.1 Å². The first-order valence-electron chi connectivity index (χ1n) is 6.27. The molecule has 1 aromatic rings. The Hall–Kier alpha value is -2.03.